The third kappa shape index (κ3) is 2.37. The van der Waals surface area contributed by atoms with Gasteiger partial charge in [0.05, 0.1) is 5.41 Å². The van der Waals surface area contributed by atoms with Gasteiger partial charge in [0.25, 0.3) is 0 Å². The van der Waals surface area contributed by atoms with E-state index in [9.17, 15) is 4.79 Å². The summed E-state index contributed by atoms with van der Waals surface area (Å²) in [6, 6.07) is 7.78. The lowest BCUT2D eigenvalue weighted by Gasteiger charge is -2.35. The summed E-state index contributed by atoms with van der Waals surface area (Å²) < 4.78 is 0. The van der Waals surface area contributed by atoms with Gasteiger partial charge in [-0.15, -0.1) is 0 Å². The maximum absolute atomic E-state index is 12.8. The minimum atomic E-state index is -0.277. The first-order chi connectivity index (χ1) is 9.12. The SMILES string of the molecule is CN1CCN(C(=O)C2(c3cccc(Cl)c3)CC2)CC1. The van der Waals surface area contributed by atoms with E-state index in [0.29, 0.717) is 5.91 Å². The van der Waals surface area contributed by atoms with E-state index in [-0.39, 0.29) is 5.41 Å². The van der Waals surface area contributed by atoms with Crippen LogP contribution in [0, 0.1) is 0 Å². The largest absolute Gasteiger partial charge is 0.339 e. The predicted octanol–water partition coefficient (Wildman–Crippen LogP) is 2.15. The Balaban J connectivity index is 1.79. The Morgan fingerprint density at radius 2 is 1.89 bits per heavy atom. The molecule has 3 nitrogen and oxygen atoms in total. The molecule has 2 fully saturated rings. The van der Waals surface area contributed by atoms with E-state index in [4.69, 9.17) is 11.6 Å². The topological polar surface area (TPSA) is 23.6 Å². The van der Waals surface area contributed by atoms with E-state index in [1.165, 1.54) is 0 Å². The lowest BCUT2D eigenvalue weighted by molar-refractivity contribution is -0.135. The summed E-state index contributed by atoms with van der Waals surface area (Å²) in [4.78, 5) is 17.1. The molecule has 1 saturated heterocycles. The van der Waals surface area contributed by atoms with E-state index < -0.39 is 0 Å². The zero-order chi connectivity index (χ0) is 13.5. The molecule has 1 aromatic carbocycles. The molecule has 0 N–H and O–H groups in total. The van der Waals surface area contributed by atoms with Crippen molar-refractivity contribution in [1.82, 2.24) is 9.80 Å². The zero-order valence-electron chi connectivity index (χ0n) is 11.2. The lowest BCUT2D eigenvalue weighted by Crippen LogP contribution is -2.50. The molecule has 1 aliphatic carbocycles. The van der Waals surface area contributed by atoms with Crippen LogP contribution in [-0.4, -0.2) is 48.9 Å². The molecule has 2 aliphatic rings. The van der Waals surface area contributed by atoms with Crippen LogP contribution in [0.2, 0.25) is 5.02 Å². The van der Waals surface area contributed by atoms with Gasteiger partial charge in [-0.25, -0.2) is 0 Å². The van der Waals surface area contributed by atoms with Gasteiger partial charge in [-0.3, -0.25) is 4.79 Å². The number of hydrogen-bond donors (Lipinski definition) is 0. The second-order valence-corrected chi connectivity index (χ2v) is 6.12. The van der Waals surface area contributed by atoms with Crippen molar-refractivity contribution in [3.8, 4) is 0 Å². The molecule has 4 heteroatoms. The monoisotopic (exact) mass is 278 g/mol. The Morgan fingerprint density at radius 3 is 2.47 bits per heavy atom. The van der Waals surface area contributed by atoms with Gasteiger partial charge in [0.1, 0.15) is 0 Å². The normalized spacial score (nSPS) is 22.3. The number of carbonyl (C=O) groups excluding carboxylic acids is 1. The maximum atomic E-state index is 12.8. The van der Waals surface area contributed by atoms with Gasteiger partial charge < -0.3 is 9.80 Å². The van der Waals surface area contributed by atoms with Gasteiger partial charge >= 0.3 is 0 Å². The second-order valence-electron chi connectivity index (χ2n) is 5.69. The molecule has 0 unspecified atom stereocenters. The maximum Gasteiger partial charge on any atom is 0.233 e. The van der Waals surface area contributed by atoms with Crippen molar-refractivity contribution in [2.24, 2.45) is 0 Å². The van der Waals surface area contributed by atoms with Gasteiger partial charge in [0.15, 0.2) is 0 Å². The fraction of sp³-hybridized carbons (Fsp3) is 0.533. The van der Waals surface area contributed by atoms with Crippen LogP contribution >= 0.6 is 11.6 Å². The number of carbonyl (C=O) groups is 1. The average Bonchev–Trinajstić information content (AvgIpc) is 3.20. The highest BCUT2D eigenvalue weighted by molar-refractivity contribution is 6.30. The van der Waals surface area contributed by atoms with Crippen LogP contribution in [0.1, 0.15) is 18.4 Å². The van der Waals surface area contributed by atoms with Crippen LogP contribution < -0.4 is 0 Å². The molecule has 0 radical (unpaired) electrons. The van der Waals surface area contributed by atoms with Crippen LogP contribution in [0.5, 0.6) is 0 Å². The standard InChI is InChI=1S/C15H19ClN2O/c1-17-7-9-18(10-8-17)14(19)15(5-6-15)12-3-2-4-13(16)11-12/h2-4,11H,5-10H2,1H3. The smallest absolute Gasteiger partial charge is 0.233 e. The van der Waals surface area contributed by atoms with Crippen molar-refractivity contribution < 1.29 is 4.79 Å². The zero-order valence-corrected chi connectivity index (χ0v) is 12.0. The minimum absolute atomic E-state index is 0.277. The lowest BCUT2D eigenvalue weighted by atomic mass is 9.94. The molecule has 0 aromatic heterocycles. The van der Waals surface area contributed by atoms with Crippen molar-refractivity contribution in [2.45, 2.75) is 18.3 Å². The minimum Gasteiger partial charge on any atom is -0.339 e. The van der Waals surface area contributed by atoms with Gasteiger partial charge in [-0.2, -0.15) is 0 Å². The molecule has 1 saturated carbocycles. The summed E-state index contributed by atoms with van der Waals surface area (Å²) >= 11 is 6.06. The molecule has 3 rings (SSSR count). The van der Waals surface area contributed by atoms with Gasteiger partial charge in [-0.1, -0.05) is 23.7 Å². The summed E-state index contributed by atoms with van der Waals surface area (Å²) in [6.45, 7) is 3.63. The number of likely N-dealkylation sites (N-methyl/N-ethyl adjacent to an activating group) is 1. The number of nitrogens with zero attached hydrogens (tertiary/aromatic N) is 2. The number of halogens is 1. The first-order valence-corrected chi connectivity index (χ1v) is 7.24. The Hall–Kier alpha value is -1.06. The second kappa shape index (κ2) is 4.80. The molecule has 1 heterocycles. The van der Waals surface area contributed by atoms with Crippen LogP contribution in [0.15, 0.2) is 24.3 Å². The highest BCUT2D eigenvalue weighted by Gasteiger charge is 2.53. The fourth-order valence-corrected chi connectivity index (χ4v) is 3.04. The number of rotatable bonds is 2. The molecule has 0 spiro atoms. The third-order valence-electron chi connectivity index (χ3n) is 4.33. The van der Waals surface area contributed by atoms with Crippen LogP contribution in [0.4, 0.5) is 0 Å². The van der Waals surface area contributed by atoms with Crippen molar-refractivity contribution in [1.29, 1.82) is 0 Å². The molecular formula is C15H19ClN2O. The van der Waals surface area contributed by atoms with Gasteiger partial charge in [0, 0.05) is 31.2 Å². The molecule has 1 aliphatic heterocycles. The summed E-state index contributed by atoms with van der Waals surface area (Å²) in [6.07, 6.45) is 1.91. The highest BCUT2D eigenvalue weighted by Crippen LogP contribution is 2.50. The third-order valence-corrected chi connectivity index (χ3v) is 4.56. The number of benzene rings is 1. The molecule has 0 atom stereocenters. The van der Waals surface area contributed by atoms with Gasteiger partial charge in [-0.05, 0) is 37.6 Å². The number of piperazine rings is 1. The summed E-state index contributed by atoms with van der Waals surface area (Å²) in [5.41, 5.74) is 0.810. The molecule has 102 valence electrons. The van der Waals surface area contributed by atoms with E-state index >= 15 is 0 Å². The predicted molar refractivity (Wildman–Crippen MR) is 76.4 cm³/mol. The van der Waals surface area contributed by atoms with E-state index in [1.54, 1.807) is 0 Å². The summed E-state index contributed by atoms with van der Waals surface area (Å²) in [5, 5.41) is 0.718. The Bertz CT molecular complexity index is 491. The quantitative estimate of drug-likeness (QED) is 0.828. The van der Waals surface area contributed by atoms with Crippen molar-refractivity contribution >= 4 is 17.5 Å². The van der Waals surface area contributed by atoms with Crippen molar-refractivity contribution in [3.63, 3.8) is 0 Å². The van der Waals surface area contributed by atoms with Crippen LogP contribution in [0.25, 0.3) is 0 Å². The summed E-state index contributed by atoms with van der Waals surface area (Å²) in [7, 11) is 2.10. The van der Waals surface area contributed by atoms with E-state index in [0.717, 1.165) is 49.6 Å². The van der Waals surface area contributed by atoms with E-state index in [1.807, 2.05) is 29.2 Å². The molecule has 1 amide bonds. The molecule has 1 aromatic rings. The molecule has 19 heavy (non-hydrogen) atoms. The molecular weight excluding hydrogens is 260 g/mol. The van der Waals surface area contributed by atoms with E-state index in [2.05, 4.69) is 11.9 Å². The number of amides is 1. The van der Waals surface area contributed by atoms with Crippen molar-refractivity contribution in [2.75, 3.05) is 33.2 Å². The van der Waals surface area contributed by atoms with Gasteiger partial charge in [0.2, 0.25) is 5.91 Å². The van der Waals surface area contributed by atoms with Crippen LogP contribution in [0.3, 0.4) is 0 Å². The average molecular weight is 279 g/mol. The number of hydrogen-bond acceptors (Lipinski definition) is 2. The van der Waals surface area contributed by atoms with Crippen molar-refractivity contribution in [3.05, 3.63) is 34.9 Å². The first kappa shape index (κ1) is 12.9. The fourth-order valence-electron chi connectivity index (χ4n) is 2.85. The Kier molecular flexibility index (Phi) is 3.27. The first-order valence-electron chi connectivity index (χ1n) is 6.86. The summed E-state index contributed by atoms with van der Waals surface area (Å²) in [5.74, 6) is 0.294. The Labute approximate surface area is 119 Å². The molecule has 0 bridgehead atoms. The van der Waals surface area contributed by atoms with Crippen LogP contribution in [-0.2, 0) is 10.2 Å². The Morgan fingerprint density at radius 1 is 1.21 bits per heavy atom. The highest BCUT2D eigenvalue weighted by atomic mass is 35.5.